The van der Waals surface area contributed by atoms with Crippen LogP contribution in [0.2, 0.25) is 0 Å². The monoisotopic (exact) mass is 258 g/mol. The summed E-state index contributed by atoms with van der Waals surface area (Å²) in [6.07, 6.45) is 9.38. The highest BCUT2D eigenvalue weighted by Crippen LogP contribution is 2.59. The van der Waals surface area contributed by atoms with E-state index in [1.807, 2.05) is 0 Å². The first-order valence-corrected chi connectivity index (χ1v) is 7.33. The average Bonchev–Trinajstić information content (AvgIpc) is 2.32. The zero-order valence-corrected chi connectivity index (χ0v) is 12.0. The maximum absolute atomic E-state index is 12.4. The van der Waals surface area contributed by atoms with Crippen molar-refractivity contribution in [2.75, 3.05) is 0 Å². The first-order valence-electron chi connectivity index (χ1n) is 7.33. The van der Waals surface area contributed by atoms with Crippen LogP contribution in [0.3, 0.4) is 0 Å². The Morgan fingerprint density at radius 1 is 1.05 bits per heavy atom. The van der Waals surface area contributed by atoms with Crippen LogP contribution < -0.4 is 0 Å². The molecule has 0 saturated heterocycles. The molecule has 0 aromatic heterocycles. The van der Waals surface area contributed by atoms with Crippen LogP contribution in [-0.2, 0) is 9.59 Å². The van der Waals surface area contributed by atoms with E-state index in [0.29, 0.717) is 0 Å². The zero-order chi connectivity index (χ0) is 13.8. The molecule has 3 aliphatic carbocycles. The fourth-order valence-corrected chi connectivity index (χ4v) is 4.78. The molecule has 0 spiro atoms. The third kappa shape index (κ3) is 1.69. The van der Waals surface area contributed by atoms with Crippen LogP contribution in [0.1, 0.15) is 46.5 Å². The first kappa shape index (κ1) is 12.8. The summed E-state index contributed by atoms with van der Waals surface area (Å²) in [5.74, 6) is 0.0737. The van der Waals surface area contributed by atoms with E-state index >= 15 is 0 Å². The largest absolute Gasteiger partial charge is 0.295 e. The average molecular weight is 258 g/mol. The molecule has 0 radical (unpaired) electrons. The summed E-state index contributed by atoms with van der Waals surface area (Å²) in [6.45, 7) is 6.77. The Morgan fingerprint density at radius 3 is 2.47 bits per heavy atom. The number of carbonyl (C=O) groups is 2. The van der Waals surface area contributed by atoms with Gasteiger partial charge in [0.15, 0.2) is 11.6 Å². The number of allylic oxidation sites excluding steroid dienone is 4. The lowest BCUT2D eigenvalue weighted by molar-refractivity contribution is -0.134. The normalized spacial score (nSPS) is 40.5. The van der Waals surface area contributed by atoms with E-state index in [2.05, 4.69) is 26.8 Å². The first-order chi connectivity index (χ1) is 8.86. The number of rotatable bonds is 0. The van der Waals surface area contributed by atoms with E-state index in [4.69, 9.17) is 0 Å². The predicted molar refractivity (Wildman–Crippen MR) is 74.6 cm³/mol. The molecule has 2 nitrogen and oxygen atoms in total. The fraction of sp³-hybridized carbons (Fsp3) is 0.647. The van der Waals surface area contributed by atoms with E-state index < -0.39 is 0 Å². The second-order valence-electron chi connectivity index (χ2n) is 7.23. The minimum atomic E-state index is -0.121. The summed E-state index contributed by atoms with van der Waals surface area (Å²) in [6, 6.07) is 0. The smallest absolute Gasteiger partial charge is 0.160 e. The predicted octanol–water partition coefficient (Wildman–Crippen LogP) is 3.47. The molecule has 0 heterocycles. The molecule has 3 aliphatic rings. The summed E-state index contributed by atoms with van der Waals surface area (Å²) < 4.78 is 0. The number of carbonyl (C=O) groups excluding carboxylic acids is 2. The van der Waals surface area contributed by atoms with Gasteiger partial charge in [0, 0.05) is 11.8 Å². The standard InChI is InChI=1S/C17H22O2/c1-16(2)9-4-10-17(3)14(16)8-5-11-12(18)6-7-13(19)15(11)17/h6-8,11,15H,4-5,9-10H2,1-3H3/t11?,15?,17-/m0/s1. The van der Waals surface area contributed by atoms with Crippen molar-refractivity contribution in [3.05, 3.63) is 23.8 Å². The molecule has 2 heteroatoms. The van der Waals surface area contributed by atoms with Crippen LogP contribution in [-0.4, -0.2) is 11.6 Å². The highest BCUT2D eigenvalue weighted by atomic mass is 16.1. The Morgan fingerprint density at radius 2 is 1.74 bits per heavy atom. The van der Waals surface area contributed by atoms with Crippen LogP contribution in [0.15, 0.2) is 23.8 Å². The lowest BCUT2D eigenvalue weighted by atomic mass is 9.49. The highest BCUT2D eigenvalue weighted by Gasteiger charge is 2.54. The van der Waals surface area contributed by atoms with Crippen LogP contribution in [0, 0.1) is 22.7 Å². The van der Waals surface area contributed by atoms with Crippen molar-refractivity contribution in [1.29, 1.82) is 0 Å². The van der Waals surface area contributed by atoms with Crippen molar-refractivity contribution in [3.8, 4) is 0 Å². The van der Waals surface area contributed by atoms with Crippen molar-refractivity contribution in [2.24, 2.45) is 22.7 Å². The molecule has 3 atom stereocenters. The molecule has 19 heavy (non-hydrogen) atoms. The summed E-state index contributed by atoms with van der Waals surface area (Å²) in [7, 11) is 0. The Labute approximate surface area is 115 Å². The van der Waals surface area contributed by atoms with E-state index in [9.17, 15) is 9.59 Å². The van der Waals surface area contributed by atoms with Gasteiger partial charge in [0.05, 0.1) is 0 Å². The van der Waals surface area contributed by atoms with E-state index in [-0.39, 0.29) is 34.2 Å². The molecule has 0 N–H and O–H groups in total. The Bertz CT molecular complexity index is 509. The van der Waals surface area contributed by atoms with Crippen molar-refractivity contribution >= 4 is 11.6 Å². The van der Waals surface area contributed by atoms with Gasteiger partial charge in [0.25, 0.3) is 0 Å². The molecule has 102 valence electrons. The van der Waals surface area contributed by atoms with E-state index in [0.717, 1.165) is 19.3 Å². The summed E-state index contributed by atoms with van der Waals surface area (Å²) >= 11 is 0. The van der Waals surface area contributed by atoms with Crippen molar-refractivity contribution < 1.29 is 9.59 Å². The maximum Gasteiger partial charge on any atom is 0.160 e. The molecule has 0 aliphatic heterocycles. The summed E-state index contributed by atoms with van der Waals surface area (Å²) in [5, 5.41) is 0. The van der Waals surface area contributed by atoms with Gasteiger partial charge in [-0.3, -0.25) is 9.59 Å². The van der Waals surface area contributed by atoms with Gasteiger partial charge >= 0.3 is 0 Å². The number of ketones is 2. The molecule has 0 aromatic rings. The van der Waals surface area contributed by atoms with Crippen LogP contribution in [0.5, 0.6) is 0 Å². The maximum atomic E-state index is 12.4. The van der Waals surface area contributed by atoms with Crippen LogP contribution >= 0.6 is 0 Å². The van der Waals surface area contributed by atoms with Crippen molar-refractivity contribution in [2.45, 2.75) is 46.5 Å². The van der Waals surface area contributed by atoms with Gasteiger partial charge in [0.2, 0.25) is 0 Å². The van der Waals surface area contributed by atoms with Crippen LogP contribution in [0.25, 0.3) is 0 Å². The Hall–Kier alpha value is -1.18. The molecule has 2 unspecified atom stereocenters. The van der Waals surface area contributed by atoms with Gasteiger partial charge in [0.1, 0.15) is 0 Å². The highest BCUT2D eigenvalue weighted by molar-refractivity contribution is 6.08. The molecular formula is C17H22O2. The molecule has 1 saturated carbocycles. The lowest BCUT2D eigenvalue weighted by Gasteiger charge is -2.54. The minimum Gasteiger partial charge on any atom is -0.295 e. The topological polar surface area (TPSA) is 34.1 Å². The van der Waals surface area contributed by atoms with Gasteiger partial charge < -0.3 is 0 Å². The number of fused-ring (bicyclic) bond motifs is 3. The van der Waals surface area contributed by atoms with Gasteiger partial charge in [-0.1, -0.05) is 38.8 Å². The molecule has 3 rings (SSSR count). The molecule has 0 aromatic carbocycles. The fourth-order valence-electron chi connectivity index (χ4n) is 4.78. The summed E-state index contributed by atoms with van der Waals surface area (Å²) in [5.41, 5.74) is 1.48. The quantitative estimate of drug-likeness (QED) is 0.623. The summed E-state index contributed by atoms with van der Waals surface area (Å²) in [4.78, 5) is 24.5. The number of hydrogen-bond acceptors (Lipinski definition) is 2. The van der Waals surface area contributed by atoms with Gasteiger partial charge in [-0.15, -0.1) is 0 Å². The lowest BCUT2D eigenvalue weighted by Crippen LogP contribution is -2.50. The van der Waals surface area contributed by atoms with E-state index in [1.54, 1.807) is 0 Å². The SMILES string of the molecule is CC1(C)CCC[C@@]2(C)C1=CCC1C(=O)C=CC(=O)C12. The van der Waals surface area contributed by atoms with E-state index in [1.165, 1.54) is 24.1 Å². The Balaban J connectivity index is 2.12. The minimum absolute atomic E-state index is 0.109. The number of hydrogen-bond donors (Lipinski definition) is 0. The third-order valence-corrected chi connectivity index (χ3v) is 5.59. The van der Waals surface area contributed by atoms with Crippen LogP contribution in [0.4, 0.5) is 0 Å². The second kappa shape index (κ2) is 3.91. The molecule has 0 bridgehead atoms. The van der Waals surface area contributed by atoms with Crippen molar-refractivity contribution in [1.82, 2.24) is 0 Å². The van der Waals surface area contributed by atoms with Gasteiger partial charge in [-0.25, -0.2) is 0 Å². The second-order valence-corrected chi connectivity index (χ2v) is 7.23. The van der Waals surface area contributed by atoms with Gasteiger partial charge in [-0.05, 0) is 42.2 Å². The van der Waals surface area contributed by atoms with Gasteiger partial charge in [-0.2, -0.15) is 0 Å². The molecule has 0 amide bonds. The van der Waals surface area contributed by atoms with Crippen molar-refractivity contribution in [3.63, 3.8) is 0 Å². The zero-order valence-electron chi connectivity index (χ0n) is 12.0. The Kier molecular flexibility index (Phi) is 2.64. The molecular weight excluding hydrogens is 236 g/mol. The third-order valence-electron chi connectivity index (χ3n) is 5.59. The molecule has 1 fully saturated rings.